The molecule has 0 spiro atoms. The summed E-state index contributed by atoms with van der Waals surface area (Å²) in [7, 11) is 3.72. The Hall–Kier alpha value is -1.56. The molecular weight excluding hydrogens is 244 g/mol. The van der Waals surface area contributed by atoms with Crippen molar-refractivity contribution in [3.8, 4) is 0 Å². The van der Waals surface area contributed by atoms with E-state index in [-0.39, 0.29) is 0 Å². The molecule has 0 aliphatic carbocycles. The summed E-state index contributed by atoms with van der Waals surface area (Å²) in [5.41, 5.74) is 0.879. The third kappa shape index (κ3) is 2.89. The van der Waals surface area contributed by atoms with Crippen molar-refractivity contribution in [2.75, 3.05) is 38.1 Å². The summed E-state index contributed by atoms with van der Waals surface area (Å²) in [5, 5.41) is 13.5. The second kappa shape index (κ2) is 5.61. The van der Waals surface area contributed by atoms with E-state index in [1.807, 2.05) is 11.9 Å². The molecule has 0 unspecified atom stereocenters. The first-order valence-electron chi connectivity index (χ1n) is 6.71. The van der Waals surface area contributed by atoms with E-state index in [1.54, 1.807) is 18.7 Å². The first-order chi connectivity index (χ1) is 9.00. The van der Waals surface area contributed by atoms with Crippen molar-refractivity contribution in [1.29, 1.82) is 0 Å². The molecule has 2 rings (SSSR count). The van der Waals surface area contributed by atoms with Gasteiger partial charge in [-0.1, -0.05) is 0 Å². The molecule has 0 radical (unpaired) electrons. The molecule has 1 saturated heterocycles. The minimum atomic E-state index is -0.909. The molecule has 2 heterocycles. The van der Waals surface area contributed by atoms with Crippen molar-refractivity contribution in [3.05, 3.63) is 11.3 Å². The molecule has 1 aromatic heterocycles. The standard InChI is InChI=1S/C13H22N4O2/c1-10-11(13(18)19)12(16(3)14-10)15(2)8-9-17-6-4-5-7-17/h4-9H2,1-3H3,(H,18,19). The second-order valence-corrected chi connectivity index (χ2v) is 5.18. The van der Waals surface area contributed by atoms with E-state index in [9.17, 15) is 9.90 Å². The Morgan fingerprint density at radius 1 is 1.42 bits per heavy atom. The summed E-state index contributed by atoms with van der Waals surface area (Å²) < 4.78 is 1.66. The van der Waals surface area contributed by atoms with E-state index < -0.39 is 5.97 Å². The Balaban J connectivity index is 2.09. The highest BCUT2D eigenvalue weighted by Gasteiger charge is 2.23. The zero-order valence-electron chi connectivity index (χ0n) is 11.9. The predicted molar refractivity (Wildman–Crippen MR) is 73.8 cm³/mol. The van der Waals surface area contributed by atoms with Crippen LogP contribution in [0.1, 0.15) is 28.9 Å². The molecule has 1 aliphatic rings. The lowest BCUT2D eigenvalue weighted by atomic mass is 10.2. The fourth-order valence-electron chi connectivity index (χ4n) is 2.74. The molecule has 19 heavy (non-hydrogen) atoms. The molecule has 0 amide bonds. The third-order valence-corrected chi connectivity index (χ3v) is 3.72. The number of hydrogen-bond acceptors (Lipinski definition) is 4. The summed E-state index contributed by atoms with van der Waals surface area (Å²) in [6.45, 7) is 5.84. The van der Waals surface area contributed by atoms with Crippen LogP contribution in [0.3, 0.4) is 0 Å². The number of rotatable bonds is 5. The second-order valence-electron chi connectivity index (χ2n) is 5.18. The number of aromatic carboxylic acids is 1. The topological polar surface area (TPSA) is 61.6 Å². The van der Waals surface area contributed by atoms with Gasteiger partial charge in [-0.3, -0.25) is 4.68 Å². The molecular formula is C13H22N4O2. The maximum Gasteiger partial charge on any atom is 0.341 e. The van der Waals surface area contributed by atoms with Crippen LogP contribution in [-0.2, 0) is 7.05 Å². The highest BCUT2D eigenvalue weighted by atomic mass is 16.4. The van der Waals surface area contributed by atoms with Crippen LogP contribution in [0.25, 0.3) is 0 Å². The monoisotopic (exact) mass is 266 g/mol. The van der Waals surface area contributed by atoms with Gasteiger partial charge in [0.15, 0.2) is 0 Å². The maximum atomic E-state index is 11.3. The van der Waals surface area contributed by atoms with E-state index in [4.69, 9.17) is 0 Å². The number of likely N-dealkylation sites (tertiary alicyclic amines) is 1. The van der Waals surface area contributed by atoms with Crippen molar-refractivity contribution in [1.82, 2.24) is 14.7 Å². The molecule has 0 bridgehead atoms. The molecule has 1 N–H and O–H groups in total. The first kappa shape index (κ1) is 13.9. The Morgan fingerprint density at radius 3 is 2.63 bits per heavy atom. The van der Waals surface area contributed by atoms with E-state index in [0.717, 1.165) is 26.2 Å². The van der Waals surface area contributed by atoms with Gasteiger partial charge >= 0.3 is 5.97 Å². The summed E-state index contributed by atoms with van der Waals surface area (Å²) in [4.78, 5) is 15.7. The van der Waals surface area contributed by atoms with Gasteiger partial charge in [0, 0.05) is 27.2 Å². The number of carboxylic acids is 1. The largest absolute Gasteiger partial charge is 0.477 e. The Bertz CT molecular complexity index is 463. The van der Waals surface area contributed by atoms with Crippen molar-refractivity contribution in [2.45, 2.75) is 19.8 Å². The van der Waals surface area contributed by atoms with E-state index >= 15 is 0 Å². The molecule has 1 fully saturated rings. The fraction of sp³-hybridized carbons (Fsp3) is 0.692. The molecule has 106 valence electrons. The van der Waals surface area contributed by atoms with Crippen LogP contribution >= 0.6 is 0 Å². The molecule has 6 nitrogen and oxygen atoms in total. The van der Waals surface area contributed by atoms with Crippen molar-refractivity contribution in [2.24, 2.45) is 7.05 Å². The van der Waals surface area contributed by atoms with Crippen LogP contribution in [0.4, 0.5) is 5.82 Å². The van der Waals surface area contributed by atoms with Gasteiger partial charge in [0.2, 0.25) is 0 Å². The molecule has 1 aromatic rings. The number of carboxylic acid groups (broad SMARTS) is 1. The lowest BCUT2D eigenvalue weighted by molar-refractivity contribution is 0.0696. The predicted octanol–water partition coefficient (Wildman–Crippen LogP) is 0.959. The summed E-state index contributed by atoms with van der Waals surface area (Å²) in [5.74, 6) is -0.224. The zero-order valence-corrected chi connectivity index (χ0v) is 11.9. The van der Waals surface area contributed by atoms with Crippen LogP contribution in [0.15, 0.2) is 0 Å². The molecule has 6 heteroatoms. The van der Waals surface area contributed by atoms with Gasteiger partial charge in [-0.05, 0) is 32.9 Å². The quantitative estimate of drug-likeness (QED) is 0.860. The molecule has 0 aromatic carbocycles. The maximum absolute atomic E-state index is 11.3. The highest BCUT2D eigenvalue weighted by Crippen LogP contribution is 2.22. The van der Waals surface area contributed by atoms with E-state index in [0.29, 0.717) is 17.1 Å². The SMILES string of the molecule is Cc1nn(C)c(N(C)CCN2CCCC2)c1C(=O)O. The van der Waals surface area contributed by atoms with Crippen molar-refractivity contribution in [3.63, 3.8) is 0 Å². The lowest BCUT2D eigenvalue weighted by Gasteiger charge is -2.23. The smallest absolute Gasteiger partial charge is 0.341 e. The molecule has 0 atom stereocenters. The van der Waals surface area contributed by atoms with Gasteiger partial charge in [0.05, 0.1) is 5.69 Å². The number of hydrogen-bond donors (Lipinski definition) is 1. The zero-order chi connectivity index (χ0) is 14.0. The van der Waals surface area contributed by atoms with E-state index in [2.05, 4.69) is 10.00 Å². The van der Waals surface area contributed by atoms with Gasteiger partial charge in [0.25, 0.3) is 0 Å². The average Bonchev–Trinajstić information content (AvgIpc) is 2.93. The molecule has 0 saturated carbocycles. The highest BCUT2D eigenvalue weighted by molar-refractivity contribution is 5.94. The van der Waals surface area contributed by atoms with Crippen LogP contribution in [0.5, 0.6) is 0 Å². The summed E-state index contributed by atoms with van der Waals surface area (Å²) in [6.07, 6.45) is 2.55. The van der Waals surface area contributed by atoms with Gasteiger partial charge in [-0.2, -0.15) is 5.10 Å². The normalized spacial score (nSPS) is 15.9. The lowest BCUT2D eigenvalue weighted by Crippen LogP contribution is -2.33. The number of likely N-dealkylation sites (N-methyl/N-ethyl adjacent to an activating group) is 1. The number of nitrogens with zero attached hydrogens (tertiary/aromatic N) is 4. The number of anilines is 1. The third-order valence-electron chi connectivity index (χ3n) is 3.72. The minimum absolute atomic E-state index is 0.312. The van der Waals surface area contributed by atoms with Crippen molar-refractivity contribution >= 4 is 11.8 Å². The summed E-state index contributed by atoms with van der Waals surface area (Å²) >= 11 is 0. The number of carbonyl (C=O) groups is 1. The van der Waals surface area contributed by atoms with Crippen LogP contribution in [0, 0.1) is 6.92 Å². The Morgan fingerprint density at radius 2 is 2.05 bits per heavy atom. The van der Waals surface area contributed by atoms with Gasteiger partial charge in [-0.25, -0.2) is 4.79 Å². The Kier molecular flexibility index (Phi) is 4.09. The number of aryl methyl sites for hydroxylation is 2. The van der Waals surface area contributed by atoms with Crippen LogP contribution in [0.2, 0.25) is 0 Å². The van der Waals surface area contributed by atoms with Crippen LogP contribution in [-0.4, -0.2) is 59.0 Å². The molecule has 1 aliphatic heterocycles. The first-order valence-corrected chi connectivity index (χ1v) is 6.71. The van der Waals surface area contributed by atoms with Gasteiger partial charge in [0.1, 0.15) is 11.4 Å². The van der Waals surface area contributed by atoms with E-state index in [1.165, 1.54) is 12.8 Å². The number of aromatic nitrogens is 2. The van der Waals surface area contributed by atoms with Crippen molar-refractivity contribution < 1.29 is 9.90 Å². The fourth-order valence-corrected chi connectivity index (χ4v) is 2.74. The van der Waals surface area contributed by atoms with Crippen LogP contribution < -0.4 is 4.90 Å². The summed E-state index contributed by atoms with van der Waals surface area (Å²) in [6, 6.07) is 0. The van der Waals surface area contributed by atoms with Gasteiger partial charge < -0.3 is 14.9 Å². The van der Waals surface area contributed by atoms with Gasteiger partial charge in [-0.15, -0.1) is 0 Å². The average molecular weight is 266 g/mol. The Labute approximate surface area is 113 Å². The minimum Gasteiger partial charge on any atom is -0.477 e.